The molecule has 0 radical (unpaired) electrons. The Morgan fingerprint density at radius 2 is 2.05 bits per heavy atom. The van der Waals surface area contributed by atoms with Crippen LogP contribution in [-0.2, 0) is 22.9 Å². The number of benzene rings is 1. The van der Waals surface area contributed by atoms with Crippen molar-refractivity contribution in [2.75, 3.05) is 6.61 Å². The predicted molar refractivity (Wildman–Crippen MR) is 70.7 cm³/mol. The van der Waals surface area contributed by atoms with E-state index in [1.54, 1.807) is 6.07 Å². The molecule has 21 heavy (non-hydrogen) atoms. The molecule has 0 fully saturated rings. The Labute approximate surface area is 119 Å². The summed E-state index contributed by atoms with van der Waals surface area (Å²) in [7, 11) is 0. The smallest absolute Gasteiger partial charge is 0.369 e. The van der Waals surface area contributed by atoms with Crippen molar-refractivity contribution in [3.63, 3.8) is 0 Å². The van der Waals surface area contributed by atoms with Crippen molar-refractivity contribution < 1.29 is 17.9 Å². The van der Waals surface area contributed by atoms with E-state index in [0.717, 1.165) is 17.3 Å². The second-order valence-electron chi connectivity index (χ2n) is 5.64. The van der Waals surface area contributed by atoms with E-state index in [-0.39, 0.29) is 5.56 Å². The van der Waals surface area contributed by atoms with Crippen LogP contribution < -0.4 is 0 Å². The third kappa shape index (κ3) is 2.09. The zero-order valence-electron chi connectivity index (χ0n) is 11.6. The first-order chi connectivity index (χ1) is 9.74. The van der Waals surface area contributed by atoms with Crippen LogP contribution in [0.2, 0.25) is 0 Å². The number of aromatic nitrogens is 1. The number of ether oxygens (including phenoxy) is 1. The topological polar surface area (TPSA) is 48.8 Å². The van der Waals surface area contributed by atoms with Gasteiger partial charge in [-0.2, -0.15) is 18.4 Å². The molecule has 110 valence electrons. The average molecular weight is 294 g/mol. The predicted octanol–water partition coefficient (Wildman–Crippen LogP) is 3.87. The molecule has 3 rings (SSSR count). The minimum atomic E-state index is -4.54. The first-order valence-electron chi connectivity index (χ1n) is 6.54. The minimum absolute atomic E-state index is 0.346. The van der Waals surface area contributed by atoms with Crippen LogP contribution in [0.5, 0.6) is 0 Å². The monoisotopic (exact) mass is 294 g/mol. The van der Waals surface area contributed by atoms with Gasteiger partial charge in [-0.15, -0.1) is 0 Å². The van der Waals surface area contributed by atoms with Crippen molar-refractivity contribution in [1.82, 2.24) is 4.98 Å². The van der Waals surface area contributed by atoms with Crippen molar-refractivity contribution in [2.45, 2.75) is 32.0 Å². The maximum absolute atomic E-state index is 13.0. The first-order valence-corrected chi connectivity index (χ1v) is 6.54. The van der Waals surface area contributed by atoms with Crippen LogP contribution in [0.4, 0.5) is 13.2 Å². The van der Waals surface area contributed by atoms with E-state index in [4.69, 9.17) is 10.00 Å². The zero-order chi connectivity index (χ0) is 15.4. The molecule has 0 saturated carbocycles. The Morgan fingerprint density at radius 3 is 2.67 bits per heavy atom. The van der Waals surface area contributed by atoms with Crippen LogP contribution in [0.1, 0.15) is 36.2 Å². The van der Waals surface area contributed by atoms with E-state index in [1.165, 1.54) is 6.07 Å². The summed E-state index contributed by atoms with van der Waals surface area (Å²) in [5.74, 6) is 0. The van der Waals surface area contributed by atoms with Crippen molar-refractivity contribution >= 4 is 10.9 Å². The molecule has 0 amide bonds. The maximum Gasteiger partial charge on any atom is 0.417 e. The third-order valence-corrected chi connectivity index (χ3v) is 3.89. The van der Waals surface area contributed by atoms with Gasteiger partial charge in [-0.1, -0.05) is 0 Å². The molecule has 1 aliphatic rings. The number of aromatic amines is 1. The van der Waals surface area contributed by atoms with Gasteiger partial charge in [0.2, 0.25) is 0 Å². The summed E-state index contributed by atoms with van der Waals surface area (Å²) in [6, 6.07) is 3.99. The number of halogens is 3. The normalized spacial score (nSPS) is 17.5. The van der Waals surface area contributed by atoms with E-state index in [2.05, 4.69) is 4.98 Å². The van der Waals surface area contributed by atoms with Crippen molar-refractivity contribution in [3.8, 4) is 6.07 Å². The Hall–Kier alpha value is -2.00. The van der Waals surface area contributed by atoms with E-state index in [1.807, 2.05) is 13.8 Å². The van der Waals surface area contributed by atoms with E-state index < -0.39 is 17.3 Å². The first kappa shape index (κ1) is 14.0. The molecule has 0 atom stereocenters. The lowest BCUT2D eigenvalue weighted by molar-refractivity contribution is -0.137. The molecule has 0 saturated heterocycles. The Balaban J connectivity index is 2.33. The van der Waals surface area contributed by atoms with E-state index in [0.29, 0.717) is 23.9 Å². The molecule has 6 heteroatoms. The van der Waals surface area contributed by atoms with Crippen LogP contribution in [0.15, 0.2) is 12.1 Å². The fourth-order valence-electron chi connectivity index (χ4n) is 2.88. The van der Waals surface area contributed by atoms with Gasteiger partial charge in [0.15, 0.2) is 0 Å². The van der Waals surface area contributed by atoms with Crippen LogP contribution in [0, 0.1) is 11.3 Å². The summed E-state index contributed by atoms with van der Waals surface area (Å²) in [6.07, 6.45) is -3.92. The third-order valence-electron chi connectivity index (χ3n) is 3.89. The summed E-state index contributed by atoms with van der Waals surface area (Å²) in [6.45, 7) is 4.25. The van der Waals surface area contributed by atoms with Crippen LogP contribution in [-0.4, -0.2) is 11.6 Å². The number of nitrogens with one attached hydrogen (secondary N) is 1. The summed E-state index contributed by atoms with van der Waals surface area (Å²) >= 11 is 0. The molecule has 1 aromatic carbocycles. The molecule has 1 aromatic heterocycles. The summed E-state index contributed by atoms with van der Waals surface area (Å²) in [5, 5.41) is 9.67. The highest BCUT2D eigenvalue weighted by atomic mass is 19.4. The SMILES string of the molecule is CC1(C)OCCc2c1[nH]c1cc(C(F)(F)F)c(C#N)cc21. The van der Waals surface area contributed by atoms with Gasteiger partial charge in [0.1, 0.15) is 5.60 Å². The molecule has 0 bridgehead atoms. The van der Waals surface area contributed by atoms with Gasteiger partial charge in [0, 0.05) is 10.9 Å². The molecule has 0 aliphatic carbocycles. The average Bonchev–Trinajstić information content (AvgIpc) is 2.75. The second kappa shape index (κ2) is 4.25. The highest BCUT2D eigenvalue weighted by molar-refractivity contribution is 5.87. The fraction of sp³-hybridized carbons (Fsp3) is 0.400. The van der Waals surface area contributed by atoms with Gasteiger partial charge >= 0.3 is 6.18 Å². The highest BCUT2D eigenvalue weighted by Gasteiger charge is 2.36. The lowest BCUT2D eigenvalue weighted by Gasteiger charge is -2.30. The number of nitrogens with zero attached hydrogens (tertiary/aromatic N) is 1. The number of rotatable bonds is 0. The molecular formula is C15H13F3N2O. The van der Waals surface area contributed by atoms with Crippen molar-refractivity contribution in [2.24, 2.45) is 0 Å². The zero-order valence-corrected chi connectivity index (χ0v) is 11.6. The van der Waals surface area contributed by atoms with Crippen molar-refractivity contribution in [3.05, 3.63) is 34.5 Å². The van der Waals surface area contributed by atoms with Gasteiger partial charge in [0.25, 0.3) is 0 Å². The fourth-order valence-corrected chi connectivity index (χ4v) is 2.88. The Kier molecular flexibility index (Phi) is 2.82. The number of nitriles is 1. The molecule has 3 nitrogen and oxygen atoms in total. The summed E-state index contributed by atoms with van der Waals surface area (Å²) < 4.78 is 44.7. The molecule has 2 aromatic rings. The second-order valence-corrected chi connectivity index (χ2v) is 5.64. The number of H-pyrrole nitrogens is 1. The van der Waals surface area contributed by atoms with Crippen LogP contribution >= 0.6 is 0 Å². The molecule has 0 unspecified atom stereocenters. The largest absolute Gasteiger partial charge is 0.417 e. The van der Waals surface area contributed by atoms with Gasteiger partial charge in [-0.3, -0.25) is 0 Å². The number of hydrogen-bond acceptors (Lipinski definition) is 2. The molecule has 2 heterocycles. The summed E-state index contributed by atoms with van der Waals surface area (Å²) in [4.78, 5) is 3.04. The standard InChI is InChI=1S/C15H13F3N2O/c1-14(2)13-9(3-4-21-14)10-5-8(7-19)11(15(16,17)18)6-12(10)20-13/h5-6,20H,3-4H2,1-2H3. The van der Waals surface area contributed by atoms with E-state index in [9.17, 15) is 13.2 Å². The maximum atomic E-state index is 13.0. The van der Waals surface area contributed by atoms with E-state index >= 15 is 0 Å². The highest BCUT2D eigenvalue weighted by Crippen LogP contribution is 2.40. The molecule has 1 N–H and O–H groups in total. The molecule has 1 aliphatic heterocycles. The Morgan fingerprint density at radius 1 is 1.33 bits per heavy atom. The quantitative estimate of drug-likeness (QED) is 0.802. The summed E-state index contributed by atoms with van der Waals surface area (Å²) in [5.41, 5.74) is 0.289. The van der Waals surface area contributed by atoms with Gasteiger partial charge in [0.05, 0.1) is 29.5 Å². The van der Waals surface area contributed by atoms with Gasteiger partial charge < -0.3 is 9.72 Å². The number of hydrogen-bond donors (Lipinski definition) is 1. The minimum Gasteiger partial charge on any atom is -0.369 e. The number of alkyl halides is 3. The molecule has 0 spiro atoms. The van der Waals surface area contributed by atoms with Crippen LogP contribution in [0.25, 0.3) is 10.9 Å². The molecular weight excluding hydrogens is 281 g/mol. The number of fused-ring (bicyclic) bond motifs is 3. The lowest BCUT2D eigenvalue weighted by atomic mass is 9.94. The van der Waals surface area contributed by atoms with Crippen molar-refractivity contribution in [1.29, 1.82) is 5.26 Å². The Bertz CT molecular complexity index is 766. The lowest BCUT2D eigenvalue weighted by Crippen LogP contribution is -2.29. The van der Waals surface area contributed by atoms with Gasteiger partial charge in [-0.25, -0.2) is 0 Å². The van der Waals surface area contributed by atoms with Gasteiger partial charge in [-0.05, 0) is 38.0 Å². The van der Waals surface area contributed by atoms with Crippen LogP contribution in [0.3, 0.4) is 0 Å².